The highest BCUT2D eigenvalue weighted by atomic mass is 19.1. The summed E-state index contributed by atoms with van der Waals surface area (Å²) in [7, 11) is 0. The minimum atomic E-state index is -0.204. The predicted octanol–water partition coefficient (Wildman–Crippen LogP) is 2.09. The van der Waals surface area contributed by atoms with Crippen LogP contribution in [0, 0.1) is 11.7 Å². The van der Waals surface area contributed by atoms with Crippen LogP contribution in [0.4, 0.5) is 4.39 Å². The van der Waals surface area contributed by atoms with Crippen molar-refractivity contribution >= 4 is 0 Å². The van der Waals surface area contributed by atoms with Crippen LogP contribution in [0.15, 0.2) is 24.3 Å². The molecule has 0 heterocycles. The molecule has 3 heteroatoms. The van der Waals surface area contributed by atoms with Gasteiger partial charge in [0.15, 0.2) is 0 Å². The average Bonchev–Trinajstić information content (AvgIpc) is 3.14. The molecular formula is C14H21FN2. The quantitative estimate of drug-likeness (QED) is 0.793. The van der Waals surface area contributed by atoms with Crippen LogP contribution in [0.3, 0.4) is 0 Å². The Morgan fingerprint density at radius 3 is 2.71 bits per heavy atom. The summed E-state index contributed by atoms with van der Waals surface area (Å²) in [6.07, 6.45) is 3.27. The van der Waals surface area contributed by atoms with Crippen LogP contribution in [-0.2, 0) is 6.42 Å². The van der Waals surface area contributed by atoms with Gasteiger partial charge >= 0.3 is 0 Å². The predicted molar refractivity (Wildman–Crippen MR) is 68.3 cm³/mol. The molecule has 17 heavy (non-hydrogen) atoms. The summed E-state index contributed by atoms with van der Waals surface area (Å²) in [5, 5.41) is 3.49. The third-order valence-electron chi connectivity index (χ3n) is 3.50. The lowest BCUT2D eigenvalue weighted by Gasteiger charge is -2.30. The molecule has 0 aliphatic heterocycles. The number of benzene rings is 1. The second-order valence-corrected chi connectivity index (χ2v) is 5.36. The Morgan fingerprint density at radius 2 is 2.12 bits per heavy atom. The fourth-order valence-electron chi connectivity index (χ4n) is 1.98. The highest BCUT2D eigenvalue weighted by Crippen LogP contribution is 2.28. The van der Waals surface area contributed by atoms with Crippen LogP contribution in [-0.4, -0.2) is 18.6 Å². The molecule has 1 atom stereocenters. The lowest BCUT2D eigenvalue weighted by atomic mass is 9.92. The summed E-state index contributed by atoms with van der Waals surface area (Å²) in [5.41, 5.74) is 6.36. The first kappa shape index (κ1) is 12.5. The Morgan fingerprint density at radius 1 is 1.41 bits per heavy atom. The van der Waals surface area contributed by atoms with Gasteiger partial charge in [-0.2, -0.15) is 0 Å². The zero-order valence-electron chi connectivity index (χ0n) is 10.4. The van der Waals surface area contributed by atoms with E-state index in [-0.39, 0.29) is 11.4 Å². The van der Waals surface area contributed by atoms with Crippen LogP contribution >= 0.6 is 0 Å². The summed E-state index contributed by atoms with van der Waals surface area (Å²) in [5.74, 6) is 0.668. The molecule has 0 amide bonds. The molecular weight excluding hydrogens is 215 g/mol. The molecule has 1 aromatic rings. The average molecular weight is 236 g/mol. The van der Waals surface area contributed by atoms with E-state index in [1.807, 2.05) is 12.1 Å². The minimum absolute atomic E-state index is 0.139. The molecule has 0 aromatic heterocycles. The molecule has 0 saturated heterocycles. The van der Waals surface area contributed by atoms with E-state index in [1.165, 1.54) is 18.9 Å². The normalized spacial score (nSPS) is 19.0. The summed E-state index contributed by atoms with van der Waals surface area (Å²) in [6.45, 7) is 3.60. The van der Waals surface area contributed by atoms with Gasteiger partial charge in [0.1, 0.15) is 5.82 Å². The van der Waals surface area contributed by atoms with Crippen LogP contribution in [0.1, 0.15) is 25.3 Å². The maximum absolute atomic E-state index is 13.6. The minimum Gasteiger partial charge on any atom is -0.329 e. The second-order valence-electron chi connectivity index (χ2n) is 5.36. The third kappa shape index (κ3) is 3.51. The first-order chi connectivity index (χ1) is 8.13. The maximum Gasteiger partial charge on any atom is 0.126 e. The van der Waals surface area contributed by atoms with E-state index in [0.29, 0.717) is 13.0 Å². The van der Waals surface area contributed by atoms with E-state index in [1.54, 1.807) is 6.07 Å². The standard InChI is InChI=1S/C14H21FN2/c1-14(10-16,17-9-11-6-7-11)8-12-4-2-3-5-13(12)15/h2-5,11,17H,6-10,16H2,1H3. The van der Waals surface area contributed by atoms with Gasteiger partial charge in [0, 0.05) is 12.1 Å². The van der Waals surface area contributed by atoms with Crippen molar-refractivity contribution in [3.8, 4) is 0 Å². The molecule has 2 rings (SSSR count). The van der Waals surface area contributed by atoms with Crippen molar-refractivity contribution in [2.45, 2.75) is 31.7 Å². The van der Waals surface area contributed by atoms with E-state index < -0.39 is 0 Å². The first-order valence-electron chi connectivity index (χ1n) is 6.31. The zero-order valence-corrected chi connectivity index (χ0v) is 10.4. The van der Waals surface area contributed by atoms with E-state index in [0.717, 1.165) is 18.0 Å². The molecule has 0 radical (unpaired) electrons. The number of halogens is 1. The van der Waals surface area contributed by atoms with E-state index in [4.69, 9.17) is 5.73 Å². The lowest BCUT2D eigenvalue weighted by Crippen LogP contribution is -2.51. The monoisotopic (exact) mass is 236 g/mol. The largest absolute Gasteiger partial charge is 0.329 e. The number of hydrogen-bond donors (Lipinski definition) is 2. The van der Waals surface area contributed by atoms with Crippen LogP contribution < -0.4 is 11.1 Å². The maximum atomic E-state index is 13.6. The van der Waals surface area contributed by atoms with Gasteiger partial charge < -0.3 is 11.1 Å². The van der Waals surface area contributed by atoms with Crippen LogP contribution in [0.25, 0.3) is 0 Å². The number of rotatable bonds is 6. The molecule has 1 aliphatic rings. The van der Waals surface area contributed by atoms with Crippen LogP contribution in [0.2, 0.25) is 0 Å². The SMILES string of the molecule is CC(CN)(Cc1ccccc1F)NCC1CC1. The third-order valence-corrected chi connectivity index (χ3v) is 3.50. The van der Waals surface area contributed by atoms with Gasteiger partial charge in [0.25, 0.3) is 0 Å². The van der Waals surface area contributed by atoms with Gasteiger partial charge in [0.05, 0.1) is 0 Å². The molecule has 1 saturated carbocycles. The van der Waals surface area contributed by atoms with Crippen molar-refractivity contribution in [2.24, 2.45) is 11.7 Å². The van der Waals surface area contributed by atoms with E-state index in [9.17, 15) is 4.39 Å². The number of nitrogens with two attached hydrogens (primary N) is 1. The molecule has 0 bridgehead atoms. The molecule has 1 aromatic carbocycles. The Balaban J connectivity index is 1.99. The fraction of sp³-hybridized carbons (Fsp3) is 0.571. The Hall–Kier alpha value is -0.930. The van der Waals surface area contributed by atoms with Gasteiger partial charge in [-0.3, -0.25) is 0 Å². The molecule has 0 spiro atoms. The topological polar surface area (TPSA) is 38.0 Å². The molecule has 3 N–H and O–H groups in total. The summed E-state index contributed by atoms with van der Waals surface area (Å²) in [4.78, 5) is 0. The van der Waals surface area contributed by atoms with Crippen molar-refractivity contribution in [1.82, 2.24) is 5.32 Å². The van der Waals surface area contributed by atoms with Crippen LogP contribution in [0.5, 0.6) is 0 Å². The van der Waals surface area contributed by atoms with Crippen molar-refractivity contribution in [3.05, 3.63) is 35.6 Å². The van der Waals surface area contributed by atoms with Crippen molar-refractivity contribution < 1.29 is 4.39 Å². The molecule has 1 unspecified atom stereocenters. The van der Waals surface area contributed by atoms with Gasteiger partial charge in [0.2, 0.25) is 0 Å². The zero-order chi connectivity index (χ0) is 12.3. The Labute approximate surface area is 102 Å². The van der Waals surface area contributed by atoms with E-state index in [2.05, 4.69) is 12.2 Å². The van der Waals surface area contributed by atoms with Gasteiger partial charge in [-0.15, -0.1) is 0 Å². The lowest BCUT2D eigenvalue weighted by molar-refractivity contribution is 0.350. The van der Waals surface area contributed by atoms with Gasteiger partial charge in [-0.25, -0.2) is 4.39 Å². The highest BCUT2D eigenvalue weighted by Gasteiger charge is 2.28. The van der Waals surface area contributed by atoms with Gasteiger partial charge in [-0.05, 0) is 50.3 Å². The summed E-state index contributed by atoms with van der Waals surface area (Å²) in [6, 6.07) is 6.93. The highest BCUT2D eigenvalue weighted by molar-refractivity contribution is 5.20. The molecule has 94 valence electrons. The summed E-state index contributed by atoms with van der Waals surface area (Å²) >= 11 is 0. The number of nitrogens with one attached hydrogen (secondary N) is 1. The second kappa shape index (κ2) is 5.15. The van der Waals surface area contributed by atoms with Crippen molar-refractivity contribution in [3.63, 3.8) is 0 Å². The summed E-state index contributed by atoms with van der Waals surface area (Å²) < 4.78 is 13.6. The molecule has 1 aliphatic carbocycles. The Kier molecular flexibility index (Phi) is 3.79. The van der Waals surface area contributed by atoms with Gasteiger partial charge in [-0.1, -0.05) is 18.2 Å². The molecule has 2 nitrogen and oxygen atoms in total. The van der Waals surface area contributed by atoms with E-state index >= 15 is 0 Å². The first-order valence-corrected chi connectivity index (χ1v) is 6.31. The molecule has 1 fully saturated rings. The van der Waals surface area contributed by atoms with Crippen molar-refractivity contribution in [1.29, 1.82) is 0 Å². The van der Waals surface area contributed by atoms with Crippen molar-refractivity contribution in [2.75, 3.05) is 13.1 Å². The fourth-order valence-corrected chi connectivity index (χ4v) is 1.98. The number of hydrogen-bond acceptors (Lipinski definition) is 2. The Bertz CT molecular complexity index is 376. The smallest absolute Gasteiger partial charge is 0.126 e.